The zero-order valence-corrected chi connectivity index (χ0v) is 9.73. The zero-order chi connectivity index (χ0) is 11.5. The second kappa shape index (κ2) is 4.44. The van der Waals surface area contributed by atoms with Gasteiger partial charge in [0.15, 0.2) is 0 Å². The molecule has 1 unspecified atom stereocenters. The van der Waals surface area contributed by atoms with Gasteiger partial charge in [-0.25, -0.2) is 0 Å². The highest BCUT2D eigenvalue weighted by Gasteiger charge is 2.24. The predicted molar refractivity (Wildman–Crippen MR) is 63.7 cm³/mol. The van der Waals surface area contributed by atoms with Crippen LogP contribution in [0.25, 0.3) is 0 Å². The summed E-state index contributed by atoms with van der Waals surface area (Å²) in [5.41, 5.74) is 2.37. The van der Waals surface area contributed by atoms with Crippen LogP contribution in [0.1, 0.15) is 18.4 Å². The Morgan fingerprint density at radius 3 is 3.12 bits per heavy atom. The van der Waals surface area contributed by atoms with Crippen molar-refractivity contribution in [1.29, 1.82) is 5.26 Å². The Balaban J connectivity index is 2.21. The number of benzene rings is 1. The number of hydrogen-bond acceptors (Lipinski definition) is 3. The molecule has 0 spiro atoms. The lowest BCUT2D eigenvalue weighted by molar-refractivity contribution is 0.261. The molecule has 1 aliphatic rings. The summed E-state index contributed by atoms with van der Waals surface area (Å²) in [5.74, 6) is 0.946. The fraction of sp³-hybridized carbons (Fsp3) is 0.462. The minimum absolute atomic E-state index is 0.314. The summed E-state index contributed by atoms with van der Waals surface area (Å²) < 4.78 is 5.71. The van der Waals surface area contributed by atoms with E-state index >= 15 is 0 Å². The molecule has 0 radical (unpaired) electrons. The number of ether oxygens (including phenoxy) is 1. The summed E-state index contributed by atoms with van der Waals surface area (Å²) in [6, 6.07) is 8.71. The van der Waals surface area contributed by atoms with E-state index in [1.807, 2.05) is 6.07 Å². The van der Waals surface area contributed by atoms with E-state index in [-0.39, 0.29) is 0 Å². The maximum absolute atomic E-state index is 8.61. The first-order valence-corrected chi connectivity index (χ1v) is 5.55. The standard InChI is InChI=1S/C13H16N2O/c1-10-5-6-13-12(8-10)15(2)11(9-16-13)4-3-7-14/h5-6,8,11H,3-4,9H2,1-2H3. The fourth-order valence-corrected chi connectivity index (χ4v) is 2.03. The van der Waals surface area contributed by atoms with E-state index < -0.39 is 0 Å². The van der Waals surface area contributed by atoms with Gasteiger partial charge in [0.25, 0.3) is 0 Å². The van der Waals surface area contributed by atoms with E-state index in [2.05, 4.69) is 37.1 Å². The average Bonchev–Trinajstić information content (AvgIpc) is 2.29. The molecule has 3 nitrogen and oxygen atoms in total. The van der Waals surface area contributed by atoms with Crippen LogP contribution < -0.4 is 9.64 Å². The molecule has 84 valence electrons. The third kappa shape index (κ3) is 1.96. The number of hydrogen-bond donors (Lipinski definition) is 0. The van der Waals surface area contributed by atoms with Gasteiger partial charge < -0.3 is 9.64 Å². The Bertz CT molecular complexity index is 422. The van der Waals surface area contributed by atoms with Crippen molar-refractivity contribution in [1.82, 2.24) is 0 Å². The van der Waals surface area contributed by atoms with Crippen molar-refractivity contribution >= 4 is 5.69 Å². The van der Waals surface area contributed by atoms with Crippen LogP contribution in [0, 0.1) is 18.3 Å². The average molecular weight is 216 g/mol. The Morgan fingerprint density at radius 1 is 1.56 bits per heavy atom. The van der Waals surface area contributed by atoms with Gasteiger partial charge in [-0.2, -0.15) is 5.26 Å². The maximum Gasteiger partial charge on any atom is 0.142 e. The Labute approximate surface area is 96.2 Å². The van der Waals surface area contributed by atoms with E-state index in [1.165, 1.54) is 5.56 Å². The van der Waals surface area contributed by atoms with Gasteiger partial charge in [-0.15, -0.1) is 0 Å². The third-order valence-electron chi connectivity index (χ3n) is 3.06. The molecule has 0 fully saturated rings. The van der Waals surface area contributed by atoms with Crippen molar-refractivity contribution in [2.75, 3.05) is 18.6 Å². The first-order chi connectivity index (χ1) is 7.72. The largest absolute Gasteiger partial charge is 0.489 e. The summed E-state index contributed by atoms with van der Waals surface area (Å²) in [7, 11) is 2.07. The predicted octanol–water partition coefficient (Wildman–Crippen LogP) is 2.50. The molecule has 0 N–H and O–H groups in total. The molecule has 1 aromatic carbocycles. The van der Waals surface area contributed by atoms with Gasteiger partial charge in [0, 0.05) is 13.5 Å². The van der Waals surface area contributed by atoms with Crippen LogP contribution in [0.15, 0.2) is 18.2 Å². The summed E-state index contributed by atoms with van der Waals surface area (Å²) in [6.07, 6.45) is 1.44. The van der Waals surface area contributed by atoms with Crippen LogP contribution in [0.3, 0.4) is 0 Å². The number of aryl methyl sites for hydroxylation is 1. The second-order valence-electron chi connectivity index (χ2n) is 4.24. The van der Waals surface area contributed by atoms with Crippen LogP contribution in [0.2, 0.25) is 0 Å². The molecular formula is C13H16N2O. The highest BCUT2D eigenvalue weighted by molar-refractivity contribution is 5.61. The first-order valence-electron chi connectivity index (χ1n) is 5.55. The molecule has 0 saturated heterocycles. The van der Waals surface area contributed by atoms with Crippen molar-refractivity contribution in [2.24, 2.45) is 0 Å². The Kier molecular flexibility index (Phi) is 3.00. The molecule has 1 heterocycles. The van der Waals surface area contributed by atoms with Crippen LogP contribution in [-0.2, 0) is 0 Å². The fourth-order valence-electron chi connectivity index (χ4n) is 2.03. The van der Waals surface area contributed by atoms with Gasteiger partial charge in [-0.1, -0.05) is 6.07 Å². The highest BCUT2D eigenvalue weighted by atomic mass is 16.5. The first kappa shape index (κ1) is 10.8. The molecule has 16 heavy (non-hydrogen) atoms. The molecular weight excluding hydrogens is 200 g/mol. The zero-order valence-electron chi connectivity index (χ0n) is 9.73. The van der Waals surface area contributed by atoms with Crippen LogP contribution in [-0.4, -0.2) is 19.7 Å². The summed E-state index contributed by atoms with van der Waals surface area (Å²) in [6.45, 7) is 2.75. The van der Waals surface area contributed by atoms with Crippen molar-refractivity contribution in [3.05, 3.63) is 23.8 Å². The lowest BCUT2D eigenvalue weighted by Gasteiger charge is -2.35. The molecule has 0 bridgehead atoms. The van der Waals surface area contributed by atoms with Crippen LogP contribution >= 0.6 is 0 Å². The van der Waals surface area contributed by atoms with Crippen molar-refractivity contribution in [3.63, 3.8) is 0 Å². The van der Waals surface area contributed by atoms with Crippen molar-refractivity contribution in [2.45, 2.75) is 25.8 Å². The number of nitrogens with zero attached hydrogens (tertiary/aromatic N) is 2. The van der Waals surface area contributed by atoms with Crippen LogP contribution in [0.4, 0.5) is 5.69 Å². The van der Waals surface area contributed by atoms with Crippen LogP contribution in [0.5, 0.6) is 5.75 Å². The number of fused-ring (bicyclic) bond motifs is 1. The molecule has 1 aliphatic heterocycles. The second-order valence-corrected chi connectivity index (χ2v) is 4.24. The minimum Gasteiger partial charge on any atom is -0.489 e. The Hall–Kier alpha value is -1.69. The molecule has 3 heteroatoms. The molecule has 1 aromatic rings. The number of rotatable bonds is 2. The van der Waals surface area contributed by atoms with E-state index in [0.29, 0.717) is 19.1 Å². The van der Waals surface area contributed by atoms with E-state index in [4.69, 9.17) is 10.00 Å². The van der Waals surface area contributed by atoms with Gasteiger partial charge in [-0.3, -0.25) is 0 Å². The third-order valence-corrected chi connectivity index (χ3v) is 3.06. The Morgan fingerprint density at radius 2 is 2.38 bits per heavy atom. The number of nitriles is 1. The highest BCUT2D eigenvalue weighted by Crippen LogP contribution is 2.34. The molecule has 0 aromatic heterocycles. The van der Waals surface area contributed by atoms with Gasteiger partial charge in [0.2, 0.25) is 0 Å². The maximum atomic E-state index is 8.61. The SMILES string of the molecule is Cc1ccc2c(c1)N(C)C(CCC#N)CO2. The smallest absolute Gasteiger partial charge is 0.142 e. The molecule has 1 atom stereocenters. The van der Waals surface area contributed by atoms with Crippen molar-refractivity contribution < 1.29 is 4.74 Å². The van der Waals surface area contributed by atoms with E-state index in [1.54, 1.807) is 0 Å². The summed E-state index contributed by atoms with van der Waals surface area (Å²) in [4.78, 5) is 2.23. The van der Waals surface area contributed by atoms with Gasteiger partial charge in [0.1, 0.15) is 12.4 Å². The van der Waals surface area contributed by atoms with E-state index in [0.717, 1.165) is 17.9 Å². The quantitative estimate of drug-likeness (QED) is 0.762. The van der Waals surface area contributed by atoms with Gasteiger partial charge in [-0.05, 0) is 31.0 Å². The summed E-state index contributed by atoms with van der Waals surface area (Å²) >= 11 is 0. The lowest BCUT2D eigenvalue weighted by atomic mass is 10.1. The van der Waals surface area contributed by atoms with E-state index in [9.17, 15) is 0 Å². The molecule has 0 amide bonds. The van der Waals surface area contributed by atoms with Gasteiger partial charge >= 0.3 is 0 Å². The number of anilines is 1. The monoisotopic (exact) mass is 216 g/mol. The van der Waals surface area contributed by atoms with Crippen molar-refractivity contribution in [3.8, 4) is 11.8 Å². The number of likely N-dealkylation sites (N-methyl/N-ethyl adjacent to an activating group) is 1. The topological polar surface area (TPSA) is 36.3 Å². The lowest BCUT2D eigenvalue weighted by Crippen LogP contribution is -2.40. The molecule has 2 rings (SSSR count). The minimum atomic E-state index is 0.314. The summed E-state index contributed by atoms with van der Waals surface area (Å²) in [5, 5.41) is 8.61. The normalized spacial score (nSPS) is 18.6. The molecule has 0 saturated carbocycles. The molecule has 0 aliphatic carbocycles. The van der Waals surface area contributed by atoms with Gasteiger partial charge in [0.05, 0.1) is 17.8 Å².